The monoisotopic (exact) mass is 402 g/mol. The van der Waals surface area contributed by atoms with Crippen molar-refractivity contribution in [2.24, 2.45) is 0 Å². The van der Waals surface area contributed by atoms with Crippen molar-refractivity contribution in [3.8, 4) is 5.75 Å². The summed E-state index contributed by atoms with van der Waals surface area (Å²) in [5.74, 6) is 0.934. The third-order valence-corrected chi connectivity index (χ3v) is 5.22. The lowest BCUT2D eigenvalue weighted by atomic mass is 9.86. The van der Waals surface area contributed by atoms with Gasteiger partial charge >= 0.3 is 5.63 Å². The van der Waals surface area contributed by atoms with Gasteiger partial charge in [0.05, 0.1) is 19.3 Å². The summed E-state index contributed by atoms with van der Waals surface area (Å²) < 4.78 is 16.1. The van der Waals surface area contributed by atoms with Crippen molar-refractivity contribution in [1.29, 1.82) is 0 Å². The van der Waals surface area contributed by atoms with E-state index < -0.39 is 29.0 Å². The Morgan fingerprint density at radius 2 is 1.90 bits per heavy atom. The molecule has 1 aromatic rings. The van der Waals surface area contributed by atoms with Gasteiger partial charge in [0.25, 0.3) is 0 Å². The third-order valence-electron chi connectivity index (χ3n) is 5.22. The van der Waals surface area contributed by atoms with Crippen LogP contribution in [0.15, 0.2) is 57.3 Å². The van der Waals surface area contributed by atoms with Gasteiger partial charge in [-0.15, -0.1) is 0 Å². The first-order valence-electron chi connectivity index (χ1n) is 9.49. The molecule has 0 unspecified atom stereocenters. The predicted octanol–water partition coefficient (Wildman–Crippen LogP) is 3.32. The van der Waals surface area contributed by atoms with E-state index in [9.17, 15) is 15.0 Å². The largest absolute Gasteiger partial charge is 0.496 e. The molecule has 1 aliphatic heterocycles. The van der Waals surface area contributed by atoms with Gasteiger partial charge in [-0.3, -0.25) is 0 Å². The highest BCUT2D eigenvalue weighted by Gasteiger charge is 2.55. The first kappa shape index (κ1) is 22.9. The Bertz CT molecular complexity index is 902. The summed E-state index contributed by atoms with van der Waals surface area (Å²) in [5, 5.41) is 20.8. The highest BCUT2D eigenvalue weighted by molar-refractivity contribution is 5.52. The zero-order valence-electron chi connectivity index (χ0n) is 17.8. The molecule has 0 radical (unpaired) electrons. The molecular formula is C23H30O6. The molecule has 29 heavy (non-hydrogen) atoms. The Balaban J connectivity index is 2.04. The minimum Gasteiger partial charge on any atom is -0.496 e. The average Bonchev–Trinajstić information content (AvgIpc) is 2.79. The van der Waals surface area contributed by atoms with Crippen molar-refractivity contribution in [3.05, 3.63) is 69.8 Å². The fraction of sp³-hybridized carbons (Fsp3) is 0.435. The molecule has 1 aliphatic rings. The summed E-state index contributed by atoms with van der Waals surface area (Å²) in [5.41, 5.74) is -1.08. The molecule has 0 bridgehead atoms. The molecule has 2 rings (SSSR count). The van der Waals surface area contributed by atoms with Gasteiger partial charge < -0.3 is 24.1 Å². The fourth-order valence-electron chi connectivity index (χ4n) is 3.38. The number of aliphatic hydroxyl groups excluding tert-OH is 1. The number of hydrogen-bond donors (Lipinski definition) is 2. The maximum absolute atomic E-state index is 11.5. The summed E-state index contributed by atoms with van der Waals surface area (Å²) in [7, 11) is 1.51. The van der Waals surface area contributed by atoms with Gasteiger partial charge in [-0.05, 0) is 46.8 Å². The fourth-order valence-corrected chi connectivity index (χ4v) is 3.38. The van der Waals surface area contributed by atoms with E-state index >= 15 is 0 Å². The van der Waals surface area contributed by atoms with E-state index in [1.54, 1.807) is 39.0 Å². The molecule has 0 saturated carbocycles. The van der Waals surface area contributed by atoms with Crippen LogP contribution in [0.1, 0.15) is 39.0 Å². The van der Waals surface area contributed by atoms with Crippen LogP contribution in [-0.4, -0.2) is 40.7 Å². The van der Waals surface area contributed by atoms with E-state index in [-0.39, 0.29) is 0 Å². The van der Waals surface area contributed by atoms with Gasteiger partial charge in [0.2, 0.25) is 0 Å². The van der Waals surface area contributed by atoms with Gasteiger partial charge in [-0.25, -0.2) is 4.79 Å². The molecule has 1 aromatic heterocycles. The quantitative estimate of drug-likeness (QED) is 0.710. The molecule has 6 nitrogen and oxygen atoms in total. The van der Waals surface area contributed by atoms with Crippen molar-refractivity contribution >= 4 is 6.08 Å². The maximum Gasteiger partial charge on any atom is 0.339 e. The minimum atomic E-state index is -1.30. The van der Waals surface area contributed by atoms with E-state index in [1.807, 2.05) is 38.2 Å². The minimum absolute atomic E-state index is 0.445. The number of methoxy groups -OCH3 is 1. The average molecular weight is 402 g/mol. The number of hydrogen-bond acceptors (Lipinski definition) is 6. The maximum atomic E-state index is 11.5. The van der Waals surface area contributed by atoms with Crippen molar-refractivity contribution in [3.63, 3.8) is 0 Å². The van der Waals surface area contributed by atoms with E-state index in [4.69, 9.17) is 13.9 Å². The molecule has 2 heterocycles. The molecule has 2 N–H and O–H groups in total. The van der Waals surface area contributed by atoms with Gasteiger partial charge in [0, 0.05) is 5.56 Å². The van der Waals surface area contributed by atoms with Crippen molar-refractivity contribution in [1.82, 2.24) is 0 Å². The lowest BCUT2D eigenvalue weighted by molar-refractivity contribution is -0.0579. The van der Waals surface area contributed by atoms with Gasteiger partial charge in [-0.1, -0.05) is 36.0 Å². The van der Waals surface area contributed by atoms with Gasteiger partial charge in [-0.2, -0.15) is 0 Å². The van der Waals surface area contributed by atoms with E-state index in [2.05, 4.69) is 0 Å². The van der Waals surface area contributed by atoms with Crippen LogP contribution in [-0.2, 0) is 4.74 Å². The Morgan fingerprint density at radius 3 is 2.48 bits per heavy atom. The van der Waals surface area contributed by atoms with E-state index in [0.29, 0.717) is 11.5 Å². The van der Waals surface area contributed by atoms with Crippen LogP contribution >= 0.6 is 0 Å². The normalized spacial score (nSPS) is 30.8. The molecule has 158 valence electrons. The second-order valence-corrected chi connectivity index (χ2v) is 7.69. The van der Waals surface area contributed by atoms with Crippen LogP contribution in [0.25, 0.3) is 6.08 Å². The van der Waals surface area contributed by atoms with Crippen LogP contribution < -0.4 is 10.4 Å². The van der Waals surface area contributed by atoms with E-state index in [0.717, 1.165) is 11.1 Å². The molecule has 4 atom stereocenters. The van der Waals surface area contributed by atoms with Gasteiger partial charge in [0.15, 0.2) is 0 Å². The summed E-state index contributed by atoms with van der Waals surface area (Å²) in [6.45, 7) is 8.79. The first-order valence-corrected chi connectivity index (χ1v) is 9.49. The zero-order valence-corrected chi connectivity index (χ0v) is 17.8. The Kier molecular flexibility index (Phi) is 7.06. The Morgan fingerprint density at radius 1 is 1.24 bits per heavy atom. The molecule has 0 aromatic carbocycles. The molecule has 1 saturated heterocycles. The smallest absolute Gasteiger partial charge is 0.339 e. The number of aliphatic hydroxyl groups is 2. The van der Waals surface area contributed by atoms with Crippen LogP contribution in [0.3, 0.4) is 0 Å². The summed E-state index contributed by atoms with van der Waals surface area (Å²) in [4.78, 5) is 11.5. The van der Waals surface area contributed by atoms with Crippen molar-refractivity contribution in [2.75, 3.05) is 7.11 Å². The molecule has 0 spiro atoms. The SMILES string of the molecule is COc1cc(=O)oc(C=C/C=C/C=C/C(C)=C\[C@]2(C)O[C@H](C)[C@](C)(O)[C@H]2O)c1C. The Labute approximate surface area is 171 Å². The second kappa shape index (κ2) is 8.95. The van der Waals surface area contributed by atoms with Crippen LogP contribution in [0.2, 0.25) is 0 Å². The summed E-state index contributed by atoms with van der Waals surface area (Å²) >= 11 is 0. The van der Waals surface area contributed by atoms with Crippen LogP contribution in [0.4, 0.5) is 0 Å². The standard InChI is InChI=1S/C23H30O6/c1-15(14-22(4)21(25)23(5,26)17(3)29-22)11-9-7-8-10-12-18-16(2)19(27-6)13-20(24)28-18/h7-14,17,21,25-26H,1-6H3/b8-7+,11-9+,12-10?,15-14-/t17-,21+,22+,23+/m1/s1. The summed E-state index contributed by atoms with van der Waals surface area (Å²) in [6.07, 6.45) is 11.1. The third kappa shape index (κ3) is 5.15. The lowest BCUT2D eigenvalue weighted by Crippen LogP contribution is -2.47. The molecule has 0 aliphatic carbocycles. The molecule has 6 heteroatoms. The van der Waals surface area contributed by atoms with Gasteiger partial charge in [0.1, 0.15) is 28.8 Å². The zero-order chi connectivity index (χ0) is 21.8. The van der Waals surface area contributed by atoms with E-state index in [1.165, 1.54) is 13.2 Å². The van der Waals surface area contributed by atoms with Crippen LogP contribution in [0.5, 0.6) is 5.75 Å². The highest BCUT2D eigenvalue weighted by Crippen LogP contribution is 2.39. The van der Waals surface area contributed by atoms with Crippen LogP contribution in [0, 0.1) is 6.92 Å². The molecule has 0 amide bonds. The summed E-state index contributed by atoms with van der Waals surface area (Å²) in [6, 6.07) is 1.31. The topological polar surface area (TPSA) is 89.1 Å². The number of ether oxygens (including phenoxy) is 2. The second-order valence-electron chi connectivity index (χ2n) is 7.69. The number of allylic oxidation sites excluding steroid dienone is 6. The first-order chi connectivity index (χ1) is 13.5. The predicted molar refractivity (Wildman–Crippen MR) is 113 cm³/mol. The van der Waals surface area contributed by atoms with Crippen molar-refractivity contribution in [2.45, 2.75) is 58.0 Å². The lowest BCUT2D eigenvalue weighted by Gasteiger charge is -2.28. The number of rotatable bonds is 6. The van der Waals surface area contributed by atoms with Crippen molar-refractivity contribution < 1.29 is 24.1 Å². The Hall–Kier alpha value is -2.41. The highest BCUT2D eigenvalue weighted by atomic mass is 16.6. The molecular weight excluding hydrogens is 372 g/mol. The molecule has 1 fully saturated rings.